The second kappa shape index (κ2) is 29.1. The summed E-state index contributed by atoms with van der Waals surface area (Å²) in [5, 5.41) is 0.688. The van der Waals surface area contributed by atoms with Crippen LogP contribution in [0.5, 0.6) is 5.88 Å². The Kier molecular flexibility index (Phi) is 24.0. The van der Waals surface area contributed by atoms with Gasteiger partial charge in [0, 0.05) is 49.6 Å². The van der Waals surface area contributed by atoms with Gasteiger partial charge in [-0.2, -0.15) is 4.98 Å². The van der Waals surface area contributed by atoms with Crippen LogP contribution in [0, 0.1) is 69.2 Å². The lowest BCUT2D eigenvalue weighted by Crippen LogP contribution is -2.21. The largest absolute Gasteiger partial charge is 0.480 e. The number of nitrogens with one attached hydrogen (secondary N) is 1. The Hall–Kier alpha value is -5.83. The molecule has 20 heteroatoms. The van der Waals surface area contributed by atoms with Crippen molar-refractivity contribution in [3.8, 4) is 5.88 Å². The third kappa shape index (κ3) is 16.6. The standard InChI is InChI=1S/C15H14N2O2S.2C9H13NOS.2C8H11NOS.C7H4ClNO/c1-9-8-13(14(18)17(3)10(9)2)20-15-16-11-6-4-5-7-12(11)19-15;1-6-5-8(12-4)9(11-3)10-7(6)2;1-6-5-8(12-4)9(11)10(3)7(6)2;1-5-4-7(11-3)8(10)9-6(5)2;1-5-4-7(11)8(10)9(3)6(5)2;8-7-9-5-3-1-2-4-6(5)10-7/h4-8H,1-3H3;2*5H,1-4H3;4H,1-3H3,(H,9,10);4,11H,1-3H3;1-4H. The van der Waals surface area contributed by atoms with Gasteiger partial charge in [0.1, 0.15) is 11.0 Å². The van der Waals surface area contributed by atoms with Gasteiger partial charge in [-0.05, 0) is 194 Å². The minimum atomic E-state index is -0.0311. The Morgan fingerprint density at radius 1 is 0.553 bits per heavy atom. The second-order valence-corrected chi connectivity index (χ2v) is 21.6. The first kappa shape index (κ1) is 62.7. The highest BCUT2D eigenvalue weighted by molar-refractivity contribution is 7.99. The molecule has 76 heavy (non-hydrogen) atoms. The lowest BCUT2D eigenvalue weighted by atomic mass is 10.2. The first-order valence-electron chi connectivity index (χ1n) is 23.5. The fraction of sp³-hybridized carbons (Fsp3) is 0.304. The maximum absolute atomic E-state index is 12.2. The zero-order valence-corrected chi connectivity index (χ0v) is 50.9. The quantitative estimate of drug-likeness (QED) is 0.119. The Morgan fingerprint density at radius 3 is 1.51 bits per heavy atom. The number of methoxy groups -OCH3 is 1. The van der Waals surface area contributed by atoms with Gasteiger partial charge >= 0.3 is 0 Å². The van der Waals surface area contributed by atoms with Crippen LogP contribution in [-0.4, -0.2) is 59.5 Å². The third-order valence-electron chi connectivity index (χ3n) is 12.3. The van der Waals surface area contributed by atoms with Crippen LogP contribution < -0.4 is 27.0 Å². The van der Waals surface area contributed by atoms with Crippen molar-refractivity contribution < 1.29 is 13.6 Å². The number of para-hydroxylation sites is 4. The molecule has 0 bridgehead atoms. The van der Waals surface area contributed by atoms with Crippen molar-refractivity contribution in [1.29, 1.82) is 0 Å². The number of oxazole rings is 2. The summed E-state index contributed by atoms with van der Waals surface area (Å²) in [4.78, 5) is 65.4. The van der Waals surface area contributed by atoms with Crippen LogP contribution in [-0.2, 0) is 21.1 Å². The van der Waals surface area contributed by atoms with Crippen molar-refractivity contribution in [3.05, 3.63) is 182 Å². The number of aromatic amines is 1. The molecule has 14 nitrogen and oxygen atoms in total. The van der Waals surface area contributed by atoms with Gasteiger partial charge in [0.2, 0.25) is 5.88 Å². The zero-order valence-electron chi connectivity index (χ0n) is 46.0. The third-order valence-corrected chi connectivity index (χ3v) is 15.8. The molecule has 0 aliphatic heterocycles. The van der Waals surface area contributed by atoms with Crippen LogP contribution in [0.3, 0.4) is 0 Å². The van der Waals surface area contributed by atoms with Crippen LogP contribution in [0.2, 0.25) is 5.35 Å². The number of thiol groups is 1. The van der Waals surface area contributed by atoms with E-state index >= 15 is 0 Å². The Bertz CT molecular complexity index is 3620. The van der Waals surface area contributed by atoms with E-state index in [2.05, 4.69) is 45.6 Å². The van der Waals surface area contributed by atoms with Crippen molar-refractivity contribution in [3.63, 3.8) is 0 Å². The molecule has 9 aromatic rings. The average Bonchev–Trinajstić information content (AvgIpc) is 4.01. The molecule has 0 saturated carbocycles. The number of halogens is 1. The molecular weight excluding hydrogens is 1080 g/mol. The fourth-order valence-electron chi connectivity index (χ4n) is 6.71. The lowest BCUT2D eigenvalue weighted by Gasteiger charge is -2.08. The second-order valence-electron chi connectivity index (χ2n) is 17.2. The minimum Gasteiger partial charge on any atom is -0.480 e. The molecule has 1 N–H and O–H groups in total. The molecule has 7 aromatic heterocycles. The van der Waals surface area contributed by atoms with Crippen molar-refractivity contribution in [2.45, 2.75) is 98.9 Å². The summed E-state index contributed by atoms with van der Waals surface area (Å²) in [7, 11) is 6.99. The smallest absolute Gasteiger partial charge is 0.293 e. The molecule has 2 aromatic carbocycles. The fourth-order valence-corrected chi connectivity index (χ4v) is 9.88. The average molecular weight is 1140 g/mol. The van der Waals surface area contributed by atoms with Crippen LogP contribution in [0.25, 0.3) is 22.2 Å². The SMILES string of the molecule is COc1nc(C)c(C)cc1SC.CSc1cc(C)c(C)[nH]c1=O.CSc1cc(C)c(C)n(C)c1=O.Cc1cc(S)c(=O)n(C)c1C.Cc1cc(Sc2nc3ccccc3o2)c(=O)n(C)c1C.Clc1nc2ccccc2o1. The number of rotatable bonds is 6. The van der Waals surface area contributed by atoms with E-state index in [0.29, 0.717) is 15.0 Å². The number of hydrogen-bond donors (Lipinski definition) is 2. The summed E-state index contributed by atoms with van der Waals surface area (Å²) in [6, 6.07) is 24.7. The zero-order chi connectivity index (χ0) is 56.7. The van der Waals surface area contributed by atoms with Crippen molar-refractivity contribution >= 4 is 93.5 Å². The van der Waals surface area contributed by atoms with E-state index in [-0.39, 0.29) is 27.6 Å². The minimum absolute atomic E-state index is 0.0144. The topological polar surface area (TPSA) is 173 Å². The number of fused-ring (bicyclic) bond motifs is 2. The molecule has 0 radical (unpaired) electrons. The Labute approximate surface area is 471 Å². The van der Waals surface area contributed by atoms with Crippen LogP contribution >= 0.6 is 71.3 Å². The molecule has 9 rings (SSSR count). The highest BCUT2D eigenvalue weighted by Gasteiger charge is 2.13. The summed E-state index contributed by atoms with van der Waals surface area (Å²) in [5.41, 5.74) is 13.8. The van der Waals surface area contributed by atoms with Crippen molar-refractivity contribution in [1.82, 2.24) is 33.6 Å². The van der Waals surface area contributed by atoms with Gasteiger partial charge in [-0.3, -0.25) is 19.2 Å². The van der Waals surface area contributed by atoms with Gasteiger partial charge in [-0.15, -0.1) is 47.9 Å². The molecule has 404 valence electrons. The summed E-state index contributed by atoms with van der Waals surface area (Å²) in [5.74, 6) is 0.727. The van der Waals surface area contributed by atoms with Gasteiger partial charge in [-0.25, -0.2) is 9.97 Å². The summed E-state index contributed by atoms with van der Waals surface area (Å²) in [6.45, 7) is 19.7. The molecule has 0 aliphatic carbocycles. The first-order chi connectivity index (χ1) is 35.9. The monoisotopic (exact) mass is 1140 g/mol. The molecule has 0 spiro atoms. The normalized spacial score (nSPS) is 10.5. The van der Waals surface area contributed by atoms with Crippen LogP contribution in [0.1, 0.15) is 56.3 Å². The molecule has 0 unspecified atom stereocenters. The Balaban J connectivity index is 0.000000201. The Morgan fingerprint density at radius 2 is 1.00 bits per heavy atom. The van der Waals surface area contributed by atoms with E-state index in [4.69, 9.17) is 25.2 Å². The molecular formula is C56H66ClN7O7S5. The van der Waals surface area contributed by atoms with Gasteiger partial charge in [0.25, 0.3) is 32.8 Å². The number of aryl methyl sites for hydroxylation is 7. The van der Waals surface area contributed by atoms with E-state index in [1.165, 1.54) is 46.4 Å². The van der Waals surface area contributed by atoms with Crippen molar-refractivity contribution in [2.24, 2.45) is 21.1 Å². The molecule has 0 fully saturated rings. The molecule has 0 aliphatic rings. The highest BCUT2D eigenvalue weighted by atomic mass is 35.5. The van der Waals surface area contributed by atoms with E-state index < -0.39 is 0 Å². The maximum Gasteiger partial charge on any atom is 0.293 e. The number of benzene rings is 2. The summed E-state index contributed by atoms with van der Waals surface area (Å²) in [6.07, 6.45) is 5.85. The number of thioether (sulfide) groups is 3. The molecule has 0 atom stereocenters. The van der Waals surface area contributed by atoms with Crippen LogP contribution in [0.15, 0.2) is 137 Å². The van der Waals surface area contributed by atoms with E-state index in [1.807, 2.05) is 155 Å². The number of H-pyrrole nitrogens is 1. The number of pyridine rings is 5. The molecule has 0 saturated heterocycles. The molecule has 0 amide bonds. The summed E-state index contributed by atoms with van der Waals surface area (Å²) < 4.78 is 20.8. The van der Waals surface area contributed by atoms with Gasteiger partial charge in [0.05, 0.1) is 31.6 Å². The first-order valence-corrected chi connectivity index (χ1v) is 28.8. The van der Waals surface area contributed by atoms with Gasteiger partial charge < -0.3 is 32.3 Å². The maximum atomic E-state index is 12.2. The lowest BCUT2D eigenvalue weighted by molar-refractivity contribution is 0.386. The summed E-state index contributed by atoms with van der Waals surface area (Å²) >= 11 is 15.5. The van der Waals surface area contributed by atoms with E-state index in [9.17, 15) is 19.2 Å². The number of aromatic nitrogens is 7. The van der Waals surface area contributed by atoms with Crippen molar-refractivity contribution in [2.75, 3.05) is 25.9 Å². The number of hydrogen-bond acceptors (Lipinski definition) is 15. The van der Waals surface area contributed by atoms with E-state index in [1.54, 1.807) is 52.7 Å². The number of nitrogens with zero attached hydrogens (tertiary/aromatic N) is 6. The highest BCUT2D eigenvalue weighted by Crippen LogP contribution is 2.29. The van der Waals surface area contributed by atoms with Gasteiger partial charge in [-0.1, -0.05) is 24.3 Å². The molecule has 7 heterocycles. The number of ether oxygens (including phenoxy) is 1. The van der Waals surface area contributed by atoms with Gasteiger partial charge in [0.15, 0.2) is 11.2 Å². The predicted molar refractivity (Wildman–Crippen MR) is 320 cm³/mol. The van der Waals surface area contributed by atoms with Crippen LogP contribution in [0.4, 0.5) is 0 Å². The predicted octanol–water partition coefficient (Wildman–Crippen LogP) is 12.9. The van der Waals surface area contributed by atoms with E-state index in [0.717, 1.165) is 87.9 Å².